The van der Waals surface area contributed by atoms with Crippen molar-refractivity contribution in [2.75, 3.05) is 7.11 Å². The molecular weight excluding hydrogens is 318 g/mol. The standard InChI is InChI=1S/C20H21NO4/c1-14-18(25-13-16-6-4-3-5-7-16)20(23)21(19(14)22)12-15-8-10-17(24-2)11-9-15/h3-11,14,18H,12-13H2,1-2H3/t14-,18+/m1/s1. The molecule has 0 aliphatic carbocycles. The summed E-state index contributed by atoms with van der Waals surface area (Å²) in [5.41, 5.74) is 1.85. The molecule has 130 valence electrons. The van der Waals surface area contributed by atoms with Crippen molar-refractivity contribution in [3.63, 3.8) is 0 Å². The molecule has 1 fully saturated rings. The predicted octanol–water partition coefficient (Wildman–Crippen LogP) is 2.79. The van der Waals surface area contributed by atoms with Crippen LogP contribution < -0.4 is 4.74 Å². The van der Waals surface area contributed by atoms with Gasteiger partial charge in [-0.15, -0.1) is 0 Å². The Bertz CT molecular complexity index is 742. The van der Waals surface area contributed by atoms with Gasteiger partial charge in [0.25, 0.3) is 5.91 Å². The van der Waals surface area contributed by atoms with Crippen LogP contribution in [0.4, 0.5) is 0 Å². The number of carbonyl (C=O) groups excluding carboxylic acids is 2. The normalized spacial score (nSPS) is 20.2. The number of methoxy groups -OCH3 is 1. The van der Waals surface area contributed by atoms with Gasteiger partial charge in [0.15, 0.2) is 0 Å². The number of ether oxygens (including phenoxy) is 2. The van der Waals surface area contributed by atoms with E-state index < -0.39 is 12.0 Å². The first-order valence-electron chi connectivity index (χ1n) is 8.24. The molecule has 1 saturated heterocycles. The Kier molecular flexibility index (Phi) is 5.14. The van der Waals surface area contributed by atoms with Crippen LogP contribution >= 0.6 is 0 Å². The average molecular weight is 339 g/mol. The lowest BCUT2D eigenvalue weighted by molar-refractivity contribution is -0.143. The first-order valence-corrected chi connectivity index (χ1v) is 8.24. The van der Waals surface area contributed by atoms with Crippen LogP contribution in [-0.2, 0) is 27.5 Å². The molecule has 0 bridgehead atoms. The Hall–Kier alpha value is -2.66. The predicted molar refractivity (Wildman–Crippen MR) is 92.7 cm³/mol. The van der Waals surface area contributed by atoms with Gasteiger partial charge in [0, 0.05) is 0 Å². The third-order valence-corrected chi connectivity index (χ3v) is 4.39. The molecule has 0 aromatic heterocycles. The summed E-state index contributed by atoms with van der Waals surface area (Å²) in [6.07, 6.45) is -0.731. The highest BCUT2D eigenvalue weighted by atomic mass is 16.5. The zero-order chi connectivity index (χ0) is 17.8. The van der Waals surface area contributed by atoms with Crippen LogP contribution in [-0.4, -0.2) is 29.9 Å². The maximum atomic E-state index is 12.6. The summed E-state index contributed by atoms with van der Waals surface area (Å²) in [5, 5.41) is 0. The van der Waals surface area contributed by atoms with Crippen molar-refractivity contribution < 1.29 is 19.1 Å². The summed E-state index contributed by atoms with van der Waals surface area (Å²) in [6.45, 7) is 2.30. The van der Waals surface area contributed by atoms with Crippen molar-refractivity contribution in [2.24, 2.45) is 5.92 Å². The van der Waals surface area contributed by atoms with Crippen molar-refractivity contribution in [1.82, 2.24) is 4.90 Å². The third kappa shape index (κ3) is 3.72. The highest BCUT2D eigenvalue weighted by Crippen LogP contribution is 2.26. The molecule has 3 rings (SSSR count). The fourth-order valence-electron chi connectivity index (χ4n) is 2.90. The van der Waals surface area contributed by atoms with Gasteiger partial charge >= 0.3 is 0 Å². The quantitative estimate of drug-likeness (QED) is 0.760. The summed E-state index contributed by atoms with van der Waals surface area (Å²) in [5.74, 6) is -0.210. The van der Waals surface area contributed by atoms with Gasteiger partial charge in [-0.25, -0.2) is 0 Å². The number of nitrogens with zero attached hydrogens (tertiary/aromatic N) is 1. The Labute approximate surface area is 147 Å². The Morgan fingerprint density at radius 2 is 1.60 bits per heavy atom. The molecule has 1 heterocycles. The van der Waals surface area contributed by atoms with E-state index in [1.807, 2.05) is 54.6 Å². The Morgan fingerprint density at radius 1 is 0.920 bits per heavy atom. The molecule has 1 aliphatic heterocycles. The van der Waals surface area contributed by atoms with Crippen LogP contribution in [0.2, 0.25) is 0 Å². The minimum absolute atomic E-state index is 0.195. The van der Waals surface area contributed by atoms with Gasteiger partial charge in [0.05, 0.1) is 26.2 Å². The van der Waals surface area contributed by atoms with Crippen molar-refractivity contribution in [1.29, 1.82) is 0 Å². The molecule has 1 aliphatic rings. The number of carbonyl (C=O) groups is 2. The molecule has 0 N–H and O–H groups in total. The second-order valence-corrected chi connectivity index (χ2v) is 6.12. The van der Waals surface area contributed by atoms with Crippen LogP contribution in [0.3, 0.4) is 0 Å². The minimum atomic E-state index is -0.731. The summed E-state index contributed by atoms with van der Waals surface area (Å²) in [4.78, 5) is 26.4. The van der Waals surface area contributed by atoms with Crippen molar-refractivity contribution in [2.45, 2.75) is 26.2 Å². The van der Waals surface area contributed by atoms with E-state index in [0.29, 0.717) is 6.61 Å². The molecule has 2 amide bonds. The van der Waals surface area contributed by atoms with E-state index in [2.05, 4.69) is 0 Å². The van der Waals surface area contributed by atoms with Gasteiger partial charge in [-0.05, 0) is 23.3 Å². The van der Waals surface area contributed by atoms with E-state index in [0.717, 1.165) is 16.9 Å². The summed E-state index contributed by atoms with van der Waals surface area (Å²) >= 11 is 0. The van der Waals surface area contributed by atoms with Crippen LogP contribution in [0.25, 0.3) is 0 Å². The lowest BCUT2D eigenvalue weighted by atomic mass is 10.1. The van der Waals surface area contributed by atoms with Gasteiger partial charge in [0.2, 0.25) is 5.91 Å². The Balaban J connectivity index is 1.67. The number of rotatable bonds is 6. The van der Waals surface area contributed by atoms with Crippen LogP contribution in [0.15, 0.2) is 54.6 Å². The molecule has 2 atom stereocenters. The van der Waals surface area contributed by atoms with Crippen molar-refractivity contribution >= 4 is 11.8 Å². The molecular formula is C20H21NO4. The van der Waals surface area contributed by atoms with Crippen molar-refractivity contribution in [3.05, 3.63) is 65.7 Å². The molecule has 5 heteroatoms. The van der Waals surface area contributed by atoms with E-state index in [4.69, 9.17) is 9.47 Å². The number of imide groups is 1. The molecule has 0 saturated carbocycles. The number of hydrogen-bond acceptors (Lipinski definition) is 4. The van der Waals surface area contributed by atoms with Crippen LogP contribution in [0, 0.1) is 5.92 Å². The molecule has 5 nitrogen and oxygen atoms in total. The average Bonchev–Trinajstić information content (AvgIpc) is 2.85. The fraction of sp³-hybridized carbons (Fsp3) is 0.300. The van der Waals surface area contributed by atoms with E-state index >= 15 is 0 Å². The monoisotopic (exact) mass is 339 g/mol. The number of amides is 2. The summed E-state index contributed by atoms with van der Waals surface area (Å²) in [6, 6.07) is 16.9. The lowest BCUT2D eigenvalue weighted by Gasteiger charge is -2.15. The summed E-state index contributed by atoms with van der Waals surface area (Å²) in [7, 11) is 1.60. The second kappa shape index (κ2) is 7.49. The van der Waals surface area contributed by atoms with E-state index in [1.54, 1.807) is 14.0 Å². The Morgan fingerprint density at radius 3 is 2.24 bits per heavy atom. The second-order valence-electron chi connectivity index (χ2n) is 6.12. The first-order chi connectivity index (χ1) is 12.1. The van der Waals surface area contributed by atoms with Gasteiger partial charge in [-0.3, -0.25) is 14.5 Å². The first kappa shape index (κ1) is 17.2. The zero-order valence-electron chi connectivity index (χ0n) is 14.3. The molecule has 0 unspecified atom stereocenters. The highest BCUT2D eigenvalue weighted by Gasteiger charge is 2.45. The zero-order valence-corrected chi connectivity index (χ0v) is 14.3. The van der Waals surface area contributed by atoms with Crippen LogP contribution in [0.1, 0.15) is 18.1 Å². The maximum absolute atomic E-state index is 12.6. The topological polar surface area (TPSA) is 55.8 Å². The van der Waals surface area contributed by atoms with Gasteiger partial charge in [-0.1, -0.05) is 49.4 Å². The van der Waals surface area contributed by atoms with Gasteiger partial charge in [0.1, 0.15) is 11.9 Å². The number of hydrogen-bond donors (Lipinski definition) is 0. The smallest absolute Gasteiger partial charge is 0.259 e. The van der Waals surface area contributed by atoms with Crippen LogP contribution in [0.5, 0.6) is 5.75 Å². The molecule has 2 aromatic carbocycles. The molecule has 0 radical (unpaired) electrons. The lowest BCUT2D eigenvalue weighted by Crippen LogP contribution is -2.32. The number of benzene rings is 2. The molecule has 0 spiro atoms. The highest BCUT2D eigenvalue weighted by molar-refractivity contribution is 6.06. The third-order valence-electron chi connectivity index (χ3n) is 4.39. The van der Waals surface area contributed by atoms with E-state index in [9.17, 15) is 9.59 Å². The SMILES string of the molecule is COc1ccc(CN2C(=O)[C@@H](OCc3ccccc3)[C@@H](C)C2=O)cc1. The summed E-state index contributed by atoms with van der Waals surface area (Å²) < 4.78 is 10.9. The largest absolute Gasteiger partial charge is 0.497 e. The van der Waals surface area contributed by atoms with Gasteiger partial charge in [-0.2, -0.15) is 0 Å². The molecule has 2 aromatic rings. The minimum Gasteiger partial charge on any atom is -0.497 e. The molecule has 25 heavy (non-hydrogen) atoms. The maximum Gasteiger partial charge on any atom is 0.259 e. The van der Waals surface area contributed by atoms with Gasteiger partial charge < -0.3 is 9.47 Å². The number of likely N-dealkylation sites (tertiary alicyclic amines) is 1. The fourth-order valence-corrected chi connectivity index (χ4v) is 2.90. The van der Waals surface area contributed by atoms with Crippen molar-refractivity contribution in [3.8, 4) is 5.75 Å². The van der Waals surface area contributed by atoms with E-state index in [-0.39, 0.29) is 18.4 Å². The van der Waals surface area contributed by atoms with E-state index in [1.165, 1.54) is 4.90 Å².